The van der Waals surface area contributed by atoms with E-state index in [0.29, 0.717) is 6.04 Å². The molecule has 0 fully saturated rings. The Morgan fingerprint density at radius 2 is 1.74 bits per heavy atom. The van der Waals surface area contributed by atoms with Crippen LogP contribution in [-0.2, 0) is 0 Å². The maximum atomic E-state index is 4.99. The lowest BCUT2D eigenvalue weighted by Gasteiger charge is -2.29. The van der Waals surface area contributed by atoms with Gasteiger partial charge < -0.3 is 4.90 Å². The van der Waals surface area contributed by atoms with Crippen molar-refractivity contribution in [1.82, 2.24) is 4.90 Å². The van der Waals surface area contributed by atoms with Gasteiger partial charge >= 0.3 is 0 Å². The van der Waals surface area contributed by atoms with Crippen molar-refractivity contribution < 1.29 is 0 Å². The van der Waals surface area contributed by atoms with Crippen molar-refractivity contribution in [3.63, 3.8) is 0 Å². The largest absolute Gasteiger partial charge is 0.378 e. The molecule has 1 aromatic rings. The van der Waals surface area contributed by atoms with Gasteiger partial charge in [0, 0.05) is 29.6 Å². The molecule has 0 N–H and O–H groups in total. The summed E-state index contributed by atoms with van der Waals surface area (Å²) in [5.74, 6) is 0. The molecule has 1 aliphatic heterocycles. The van der Waals surface area contributed by atoms with E-state index in [1.54, 1.807) is 0 Å². The first-order valence-electron chi connectivity index (χ1n) is 11.8. The molecule has 1 aliphatic carbocycles. The van der Waals surface area contributed by atoms with Crippen molar-refractivity contribution in [1.29, 1.82) is 0 Å². The second kappa shape index (κ2) is 11.7. The fourth-order valence-electron chi connectivity index (χ4n) is 4.05. The van der Waals surface area contributed by atoms with Crippen molar-refractivity contribution in [3.8, 4) is 0 Å². The van der Waals surface area contributed by atoms with Gasteiger partial charge in [0.15, 0.2) is 0 Å². The van der Waals surface area contributed by atoms with Gasteiger partial charge in [-0.3, -0.25) is 4.90 Å². The van der Waals surface area contributed by atoms with Crippen molar-refractivity contribution in [2.45, 2.75) is 69.2 Å². The number of hydrogen-bond donors (Lipinski definition) is 0. The first-order valence-corrected chi connectivity index (χ1v) is 12.7. The molecule has 1 atom stereocenters. The minimum absolute atomic E-state index is 0.297. The fraction of sp³-hybridized carbons (Fsp3) is 0.519. The van der Waals surface area contributed by atoms with Gasteiger partial charge in [-0.15, -0.1) is 0 Å². The molecule has 4 heteroatoms. The number of allylic oxidation sites excluding steroid dienone is 3. The van der Waals surface area contributed by atoms with Crippen molar-refractivity contribution in [2.24, 2.45) is 4.99 Å². The quantitative estimate of drug-likeness (QED) is 0.336. The van der Waals surface area contributed by atoms with Gasteiger partial charge in [0.1, 0.15) is 0 Å². The Hall–Kier alpha value is -1.78. The Morgan fingerprint density at radius 1 is 1.00 bits per heavy atom. The number of aliphatic imine (C=N–C) groups is 1. The number of unbranched alkanes of at least 4 members (excludes halogenated alkanes) is 7. The average Bonchev–Trinajstić information content (AvgIpc) is 2.75. The second-order valence-corrected chi connectivity index (χ2v) is 10.1. The van der Waals surface area contributed by atoms with E-state index in [1.807, 2.05) is 11.8 Å². The topological polar surface area (TPSA) is 18.8 Å². The van der Waals surface area contributed by atoms with E-state index in [9.17, 15) is 0 Å². The Morgan fingerprint density at radius 3 is 2.45 bits per heavy atom. The van der Waals surface area contributed by atoms with Gasteiger partial charge in [0.25, 0.3) is 0 Å². The lowest BCUT2D eigenvalue weighted by atomic mass is 9.97. The van der Waals surface area contributed by atoms with E-state index >= 15 is 0 Å². The smallest absolute Gasteiger partial charge is 0.0778 e. The van der Waals surface area contributed by atoms with Crippen LogP contribution in [0, 0.1) is 0 Å². The molecular formula is C27H39N3S. The number of rotatable bonds is 11. The van der Waals surface area contributed by atoms with Crippen molar-refractivity contribution in [3.05, 3.63) is 53.0 Å². The van der Waals surface area contributed by atoms with Crippen LogP contribution < -0.4 is 4.90 Å². The summed E-state index contributed by atoms with van der Waals surface area (Å²) in [4.78, 5) is 11.9. The predicted molar refractivity (Wildman–Crippen MR) is 139 cm³/mol. The normalized spacial score (nSPS) is 17.9. The lowest BCUT2D eigenvalue weighted by molar-refractivity contribution is 0.382. The molecule has 1 heterocycles. The number of nitrogens with zero attached hydrogens (tertiary/aromatic N) is 3. The van der Waals surface area contributed by atoms with Gasteiger partial charge in [0.05, 0.1) is 17.4 Å². The van der Waals surface area contributed by atoms with Crippen LogP contribution in [0.1, 0.15) is 58.3 Å². The Bertz CT molecular complexity index is 861. The van der Waals surface area contributed by atoms with Crippen LogP contribution in [0.5, 0.6) is 0 Å². The highest BCUT2D eigenvalue weighted by Crippen LogP contribution is 2.44. The number of hydrogen-bond acceptors (Lipinski definition) is 4. The minimum atomic E-state index is 0.297. The molecule has 0 saturated heterocycles. The second-order valence-electron chi connectivity index (χ2n) is 9.04. The van der Waals surface area contributed by atoms with Gasteiger partial charge in [-0.25, -0.2) is 4.99 Å². The SMILES string of the molecule is CCCCCCCCC/C=C/C1=CC2=Nc3ccc(N(C)C)cc3SC2=CC1N(C)C. The molecule has 0 spiro atoms. The van der Waals surface area contributed by atoms with E-state index in [2.05, 4.69) is 87.4 Å². The summed E-state index contributed by atoms with van der Waals surface area (Å²) >= 11 is 1.85. The van der Waals surface area contributed by atoms with Crippen molar-refractivity contribution in [2.75, 3.05) is 33.1 Å². The highest BCUT2D eigenvalue weighted by Gasteiger charge is 2.25. The molecule has 0 bridgehead atoms. The third-order valence-electron chi connectivity index (χ3n) is 5.97. The van der Waals surface area contributed by atoms with Crippen LogP contribution in [0.4, 0.5) is 11.4 Å². The summed E-state index contributed by atoms with van der Waals surface area (Å²) in [7, 11) is 8.49. The van der Waals surface area contributed by atoms with E-state index in [4.69, 9.17) is 4.99 Å². The Balaban J connectivity index is 1.66. The average molecular weight is 438 g/mol. The van der Waals surface area contributed by atoms with Gasteiger partial charge in [-0.05, 0) is 62.9 Å². The summed E-state index contributed by atoms with van der Waals surface area (Å²) in [5, 5.41) is 0. The zero-order chi connectivity index (χ0) is 22.2. The minimum Gasteiger partial charge on any atom is -0.378 e. The number of benzene rings is 1. The summed E-state index contributed by atoms with van der Waals surface area (Å²) < 4.78 is 0. The van der Waals surface area contributed by atoms with Crippen LogP contribution in [0.2, 0.25) is 0 Å². The molecule has 0 radical (unpaired) electrons. The van der Waals surface area contributed by atoms with Crippen molar-refractivity contribution >= 4 is 28.8 Å². The Kier molecular flexibility index (Phi) is 9.03. The number of likely N-dealkylation sites (N-methyl/N-ethyl adjacent to an activating group) is 1. The molecule has 3 nitrogen and oxygen atoms in total. The third kappa shape index (κ3) is 6.60. The van der Waals surface area contributed by atoms with Crippen LogP contribution in [0.25, 0.3) is 0 Å². The van der Waals surface area contributed by atoms with Crippen LogP contribution in [0.15, 0.2) is 62.9 Å². The highest BCUT2D eigenvalue weighted by molar-refractivity contribution is 8.04. The third-order valence-corrected chi connectivity index (χ3v) is 7.08. The molecule has 31 heavy (non-hydrogen) atoms. The highest BCUT2D eigenvalue weighted by atomic mass is 32.2. The van der Waals surface area contributed by atoms with Crippen LogP contribution in [-0.4, -0.2) is 44.8 Å². The monoisotopic (exact) mass is 437 g/mol. The summed E-state index contributed by atoms with van der Waals surface area (Å²) in [5.41, 5.74) is 4.73. The molecule has 0 saturated carbocycles. The van der Waals surface area contributed by atoms with E-state index in [1.165, 1.54) is 72.4 Å². The maximum absolute atomic E-state index is 4.99. The number of thioether (sulfide) groups is 1. The molecular weight excluding hydrogens is 398 g/mol. The summed E-state index contributed by atoms with van der Waals surface area (Å²) in [6.07, 6.45) is 20.1. The van der Waals surface area contributed by atoms with Crippen LogP contribution in [0.3, 0.4) is 0 Å². The van der Waals surface area contributed by atoms with E-state index in [0.717, 1.165) is 11.4 Å². The fourth-order valence-corrected chi connectivity index (χ4v) is 5.09. The molecule has 1 aromatic carbocycles. The zero-order valence-corrected chi connectivity index (χ0v) is 20.8. The molecule has 1 unspecified atom stereocenters. The standard InChI is InChI=1S/C27H39N3S/c1-6-7-8-9-10-11-12-13-14-15-21-18-24-27(20-25(21)30(4)5)31-26-19-22(29(2)3)16-17-23(26)28-24/h14-20,25H,6-13H2,1-5H3/b15-14+. The molecule has 0 amide bonds. The Labute approximate surface area is 194 Å². The van der Waals surface area contributed by atoms with Gasteiger partial charge in [-0.2, -0.15) is 0 Å². The number of anilines is 1. The summed E-state index contributed by atoms with van der Waals surface area (Å²) in [6, 6.07) is 6.83. The van der Waals surface area contributed by atoms with E-state index in [-0.39, 0.29) is 0 Å². The molecule has 3 rings (SSSR count). The van der Waals surface area contributed by atoms with E-state index < -0.39 is 0 Å². The first kappa shape index (κ1) is 23.9. The summed E-state index contributed by atoms with van der Waals surface area (Å²) in [6.45, 7) is 2.28. The number of fused-ring (bicyclic) bond motifs is 2. The molecule has 0 aromatic heterocycles. The lowest BCUT2D eigenvalue weighted by Crippen LogP contribution is -2.31. The van der Waals surface area contributed by atoms with Crippen LogP contribution >= 0.6 is 11.8 Å². The molecule has 168 valence electrons. The molecule has 2 aliphatic rings. The predicted octanol–water partition coefficient (Wildman–Crippen LogP) is 7.38. The maximum Gasteiger partial charge on any atom is 0.0778 e. The van der Waals surface area contributed by atoms with Gasteiger partial charge in [-0.1, -0.05) is 69.4 Å². The zero-order valence-electron chi connectivity index (χ0n) is 20.0. The first-order chi connectivity index (χ1) is 15.0. The van der Waals surface area contributed by atoms with Gasteiger partial charge in [0.2, 0.25) is 0 Å².